The fourth-order valence-corrected chi connectivity index (χ4v) is 2.98. The van der Waals surface area contributed by atoms with E-state index in [1.807, 2.05) is 10.6 Å². The third-order valence-electron chi connectivity index (χ3n) is 3.99. The van der Waals surface area contributed by atoms with Crippen molar-refractivity contribution in [2.24, 2.45) is 0 Å². The van der Waals surface area contributed by atoms with Gasteiger partial charge in [-0.1, -0.05) is 17.7 Å². The Kier molecular flexibility index (Phi) is 4.73. The van der Waals surface area contributed by atoms with Gasteiger partial charge >= 0.3 is 6.18 Å². The van der Waals surface area contributed by atoms with Gasteiger partial charge in [0.1, 0.15) is 0 Å². The third kappa shape index (κ3) is 3.52. The van der Waals surface area contributed by atoms with Crippen molar-refractivity contribution < 1.29 is 22.7 Å². The van der Waals surface area contributed by atoms with Crippen LogP contribution in [0.15, 0.2) is 24.4 Å². The van der Waals surface area contributed by atoms with Crippen LogP contribution in [-0.2, 0) is 4.74 Å². The van der Waals surface area contributed by atoms with E-state index in [0.717, 1.165) is 5.52 Å². The number of aromatic nitrogens is 1. The zero-order valence-electron chi connectivity index (χ0n) is 12.7. The van der Waals surface area contributed by atoms with Crippen LogP contribution in [0.4, 0.5) is 13.2 Å². The molecular formula is C16H16ClF3N2O2. The largest absolute Gasteiger partial charge is 0.389 e. The van der Waals surface area contributed by atoms with E-state index in [9.17, 15) is 18.0 Å². The summed E-state index contributed by atoms with van der Waals surface area (Å²) in [4.78, 5) is 12.4. The minimum absolute atomic E-state index is 0.0397. The number of ether oxygens (including phenoxy) is 1. The first-order valence-corrected chi connectivity index (χ1v) is 7.96. The molecule has 0 saturated carbocycles. The van der Waals surface area contributed by atoms with Gasteiger partial charge in [-0.25, -0.2) is 0 Å². The van der Waals surface area contributed by atoms with Gasteiger partial charge in [-0.05, 0) is 18.6 Å². The van der Waals surface area contributed by atoms with Crippen LogP contribution in [0.3, 0.4) is 0 Å². The highest BCUT2D eigenvalue weighted by atomic mass is 35.5. The maximum atomic E-state index is 12.4. The normalized spacial score (nSPS) is 15.5. The predicted octanol–water partition coefficient (Wildman–Crippen LogP) is 3.94. The van der Waals surface area contributed by atoms with E-state index in [2.05, 4.69) is 5.32 Å². The molecular weight excluding hydrogens is 345 g/mol. The second-order valence-corrected chi connectivity index (χ2v) is 6.16. The Morgan fingerprint density at radius 3 is 2.75 bits per heavy atom. The lowest BCUT2D eigenvalue weighted by Gasteiger charge is -2.28. The molecule has 1 aromatic heterocycles. The molecule has 1 saturated heterocycles. The fourth-order valence-electron chi connectivity index (χ4n) is 2.71. The lowest BCUT2D eigenvalue weighted by molar-refractivity contribution is -0.135. The Hall–Kier alpha value is -1.73. The fraction of sp³-hybridized carbons (Fsp3) is 0.438. The smallest absolute Gasteiger partial charge is 0.377 e. The number of alkyl halides is 3. The molecule has 0 spiro atoms. The molecule has 0 aliphatic carbocycles. The molecule has 0 unspecified atom stereocenters. The van der Waals surface area contributed by atoms with Gasteiger partial charge in [-0.2, -0.15) is 13.2 Å². The Morgan fingerprint density at radius 2 is 2.12 bits per heavy atom. The molecule has 1 aromatic carbocycles. The van der Waals surface area contributed by atoms with Crippen LogP contribution in [0.5, 0.6) is 0 Å². The van der Waals surface area contributed by atoms with Gasteiger partial charge in [0.05, 0.1) is 35.4 Å². The summed E-state index contributed by atoms with van der Waals surface area (Å²) < 4.78 is 43.6. The maximum Gasteiger partial charge on any atom is 0.389 e. The summed E-state index contributed by atoms with van der Waals surface area (Å²) in [5.41, 5.74) is 1.19. The second-order valence-electron chi connectivity index (χ2n) is 5.75. The average Bonchev–Trinajstić information content (AvgIpc) is 2.82. The molecule has 1 aliphatic rings. The molecule has 0 atom stereocenters. The van der Waals surface area contributed by atoms with Crippen LogP contribution in [0.1, 0.15) is 29.2 Å². The number of nitrogens with zero attached hydrogens (tertiary/aromatic N) is 1. The van der Waals surface area contributed by atoms with Crippen molar-refractivity contribution in [2.75, 3.05) is 19.8 Å². The van der Waals surface area contributed by atoms with Gasteiger partial charge < -0.3 is 14.6 Å². The number of fused-ring (bicyclic) bond motifs is 1. The zero-order chi connectivity index (χ0) is 17.3. The molecule has 3 rings (SSSR count). The van der Waals surface area contributed by atoms with Crippen molar-refractivity contribution >= 4 is 28.4 Å². The van der Waals surface area contributed by atoms with E-state index in [1.54, 1.807) is 18.3 Å². The summed E-state index contributed by atoms with van der Waals surface area (Å²) in [6.45, 7) is 1.08. The first kappa shape index (κ1) is 17.1. The van der Waals surface area contributed by atoms with Crippen molar-refractivity contribution in [2.45, 2.75) is 25.1 Å². The standard InChI is InChI=1S/C16H16ClF3N2O2/c17-12-3-1-4-13-14(12)11(7-22(13)10-8-24-9-10)15(23)21-6-2-5-16(18,19)20/h1,3-4,7,10H,2,5-6,8-9H2,(H,21,23). The van der Waals surface area contributed by atoms with Crippen molar-refractivity contribution in [3.8, 4) is 0 Å². The summed E-state index contributed by atoms with van der Waals surface area (Å²) in [5.74, 6) is -0.422. The van der Waals surface area contributed by atoms with Crippen molar-refractivity contribution in [1.82, 2.24) is 9.88 Å². The molecule has 2 heterocycles. The molecule has 1 aliphatic heterocycles. The number of carbonyl (C=O) groups is 1. The van der Waals surface area contributed by atoms with Crippen molar-refractivity contribution in [1.29, 1.82) is 0 Å². The Labute approximate surface area is 141 Å². The average molecular weight is 361 g/mol. The summed E-state index contributed by atoms with van der Waals surface area (Å²) in [7, 11) is 0. The number of carbonyl (C=O) groups excluding carboxylic acids is 1. The number of halogens is 4. The number of benzene rings is 1. The van der Waals surface area contributed by atoms with Gasteiger partial charge in [-0.15, -0.1) is 0 Å². The Bertz CT molecular complexity index is 754. The van der Waals surface area contributed by atoms with E-state index in [0.29, 0.717) is 29.2 Å². The first-order valence-electron chi connectivity index (χ1n) is 7.58. The van der Waals surface area contributed by atoms with Crippen molar-refractivity contribution in [3.05, 3.63) is 35.0 Å². The summed E-state index contributed by atoms with van der Waals surface area (Å²) in [6, 6.07) is 5.48. The molecule has 1 N–H and O–H groups in total. The molecule has 0 bridgehead atoms. The highest BCUT2D eigenvalue weighted by Gasteiger charge is 2.27. The monoisotopic (exact) mass is 360 g/mol. The van der Waals surface area contributed by atoms with Gasteiger partial charge in [-0.3, -0.25) is 4.79 Å². The van der Waals surface area contributed by atoms with Crippen LogP contribution in [0, 0.1) is 0 Å². The van der Waals surface area contributed by atoms with Gasteiger partial charge in [0.25, 0.3) is 5.91 Å². The maximum absolute atomic E-state index is 12.4. The molecule has 1 amide bonds. The number of hydrogen-bond acceptors (Lipinski definition) is 2. The first-order chi connectivity index (χ1) is 11.4. The van der Waals surface area contributed by atoms with Gasteiger partial charge in [0, 0.05) is 24.5 Å². The number of amides is 1. The second kappa shape index (κ2) is 6.64. The van der Waals surface area contributed by atoms with E-state index >= 15 is 0 Å². The van der Waals surface area contributed by atoms with E-state index < -0.39 is 18.5 Å². The molecule has 0 radical (unpaired) electrons. The highest BCUT2D eigenvalue weighted by Crippen LogP contribution is 2.32. The van der Waals surface area contributed by atoms with Gasteiger partial charge in [0.15, 0.2) is 0 Å². The zero-order valence-corrected chi connectivity index (χ0v) is 13.5. The molecule has 4 nitrogen and oxygen atoms in total. The minimum atomic E-state index is -4.21. The Morgan fingerprint density at radius 1 is 1.38 bits per heavy atom. The Balaban J connectivity index is 1.79. The van der Waals surface area contributed by atoms with Crippen LogP contribution >= 0.6 is 11.6 Å². The highest BCUT2D eigenvalue weighted by molar-refractivity contribution is 6.36. The topological polar surface area (TPSA) is 43.3 Å². The predicted molar refractivity (Wildman–Crippen MR) is 84.4 cm³/mol. The SMILES string of the molecule is O=C(NCCCC(F)(F)F)c1cn(C2COC2)c2cccc(Cl)c12. The van der Waals surface area contributed by atoms with Crippen molar-refractivity contribution in [3.63, 3.8) is 0 Å². The molecule has 130 valence electrons. The van der Waals surface area contributed by atoms with Crippen LogP contribution < -0.4 is 5.32 Å². The lowest BCUT2D eigenvalue weighted by atomic mass is 10.1. The number of nitrogens with one attached hydrogen (secondary N) is 1. The molecule has 8 heteroatoms. The van der Waals surface area contributed by atoms with E-state index in [-0.39, 0.29) is 19.0 Å². The summed E-state index contributed by atoms with van der Waals surface area (Å²) in [6.07, 6.45) is -3.59. The number of rotatable bonds is 5. The van der Waals surface area contributed by atoms with Crippen LogP contribution in [-0.4, -0.2) is 36.4 Å². The van der Waals surface area contributed by atoms with E-state index in [4.69, 9.17) is 16.3 Å². The van der Waals surface area contributed by atoms with Crippen LogP contribution in [0.25, 0.3) is 10.9 Å². The third-order valence-corrected chi connectivity index (χ3v) is 4.30. The molecule has 2 aromatic rings. The van der Waals surface area contributed by atoms with Gasteiger partial charge in [0.2, 0.25) is 0 Å². The molecule has 1 fully saturated rings. The lowest BCUT2D eigenvalue weighted by Crippen LogP contribution is -2.30. The quantitative estimate of drug-likeness (QED) is 0.821. The minimum Gasteiger partial charge on any atom is -0.377 e. The number of hydrogen-bond donors (Lipinski definition) is 1. The van der Waals surface area contributed by atoms with E-state index in [1.165, 1.54) is 0 Å². The summed E-state index contributed by atoms with van der Waals surface area (Å²) >= 11 is 6.23. The summed E-state index contributed by atoms with van der Waals surface area (Å²) in [5, 5.41) is 3.58. The van der Waals surface area contributed by atoms with Crippen LogP contribution in [0.2, 0.25) is 5.02 Å². The molecule has 24 heavy (non-hydrogen) atoms.